The Morgan fingerprint density at radius 2 is 1.85 bits per heavy atom. The van der Waals surface area contributed by atoms with Crippen molar-refractivity contribution in [1.29, 1.82) is 0 Å². The lowest BCUT2D eigenvalue weighted by Gasteiger charge is -2.41. The normalized spacial score (nSPS) is 25.4. The van der Waals surface area contributed by atoms with E-state index in [9.17, 15) is 9.59 Å². The molecular formula is C14H26N2O4. The van der Waals surface area contributed by atoms with Crippen molar-refractivity contribution < 1.29 is 19.4 Å². The molecule has 1 fully saturated rings. The van der Waals surface area contributed by atoms with Crippen molar-refractivity contribution >= 4 is 11.9 Å². The molecule has 1 aliphatic rings. The molecule has 0 bridgehead atoms. The van der Waals surface area contributed by atoms with Crippen LogP contribution in [0.4, 0.5) is 0 Å². The summed E-state index contributed by atoms with van der Waals surface area (Å²) in [5.41, 5.74) is 0. The van der Waals surface area contributed by atoms with Gasteiger partial charge < -0.3 is 15.2 Å². The minimum atomic E-state index is -0.903. The predicted octanol–water partition coefficient (Wildman–Crippen LogP) is 0.711. The number of nitrogens with one attached hydrogen (secondary N) is 1. The molecule has 3 unspecified atom stereocenters. The first-order valence-electron chi connectivity index (χ1n) is 7.20. The van der Waals surface area contributed by atoms with Gasteiger partial charge >= 0.3 is 5.97 Å². The maximum absolute atomic E-state index is 12.3. The second-order valence-corrected chi connectivity index (χ2v) is 5.83. The third-order valence-electron chi connectivity index (χ3n) is 3.38. The van der Waals surface area contributed by atoms with Gasteiger partial charge in [-0.05, 0) is 19.8 Å². The number of carbonyl (C=O) groups is 2. The van der Waals surface area contributed by atoms with E-state index in [0.29, 0.717) is 0 Å². The number of ether oxygens (including phenoxy) is 1. The molecule has 6 heteroatoms. The van der Waals surface area contributed by atoms with Gasteiger partial charge in [-0.2, -0.15) is 0 Å². The second-order valence-electron chi connectivity index (χ2n) is 5.83. The SMILES string of the molecule is CC1CN(C(C(=O)NCCC(=O)O)C(C)C)CC(C)O1. The molecule has 1 amide bonds. The number of hydrogen-bond donors (Lipinski definition) is 2. The van der Waals surface area contributed by atoms with Crippen LogP contribution >= 0.6 is 0 Å². The highest BCUT2D eigenvalue weighted by Gasteiger charge is 2.33. The van der Waals surface area contributed by atoms with Crippen LogP contribution in [0.15, 0.2) is 0 Å². The van der Waals surface area contributed by atoms with Crippen LogP contribution in [0.3, 0.4) is 0 Å². The molecule has 0 aromatic carbocycles. The first-order valence-corrected chi connectivity index (χ1v) is 7.20. The van der Waals surface area contributed by atoms with Crippen molar-refractivity contribution in [2.45, 2.75) is 52.4 Å². The monoisotopic (exact) mass is 286 g/mol. The van der Waals surface area contributed by atoms with Crippen LogP contribution in [0.1, 0.15) is 34.1 Å². The summed E-state index contributed by atoms with van der Waals surface area (Å²) in [4.78, 5) is 24.9. The summed E-state index contributed by atoms with van der Waals surface area (Å²) in [7, 11) is 0. The number of amides is 1. The first kappa shape index (κ1) is 16.9. The number of rotatable bonds is 6. The minimum absolute atomic E-state index is 0.0491. The smallest absolute Gasteiger partial charge is 0.305 e. The Hall–Kier alpha value is -1.14. The number of hydrogen-bond acceptors (Lipinski definition) is 4. The first-order chi connectivity index (χ1) is 9.31. The number of nitrogens with zero attached hydrogens (tertiary/aromatic N) is 1. The molecule has 6 nitrogen and oxygen atoms in total. The Bertz CT molecular complexity index is 336. The lowest BCUT2D eigenvalue weighted by Crippen LogP contribution is -2.57. The molecule has 0 aromatic heterocycles. The van der Waals surface area contributed by atoms with Crippen LogP contribution in [0, 0.1) is 5.92 Å². The molecule has 0 saturated carbocycles. The van der Waals surface area contributed by atoms with Gasteiger partial charge in [-0.3, -0.25) is 14.5 Å². The van der Waals surface area contributed by atoms with Crippen LogP contribution in [0.25, 0.3) is 0 Å². The van der Waals surface area contributed by atoms with Gasteiger partial charge in [-0.15, -0.1) is 0 Å². The van der Waals surface area contributed by atoms with Gasteiger partial charge in [0, 0.05) is 19.6 Å². The van der Waals surface area contributed by atoms with Crippen molar-refractivity contribution in [3.05, 3.63) is 0 Å². The fourth-order valence-electron chi connectivity index (χ4n) is 2.73. The third kappa shape index (κ3) is 5.09. The van der Waals surface area contributed by atoms with Gasteiger partial charge in [0.1, 0.15) is 0 Å². The molecule has 0 aromatic rings. The van der Waals surface area contributed by atoms with Crippen LogP contribution in [0.5, 0.6) is 0 Å². The van der Waals surface area contributed by atoms with Crippen molar-refractivity contribution in [1.82, 2.24) is 10.2 Å². The van der Waals surface area contributed by atoms with E-state index in [0.717, 1.165) is 13.1 Å². The van der Waals surface area contributed by atoms with Crippen LogP contribution in [-0.2, 0) is 14.3 Å². The molecule has 1 aliphatic heterocycles. The number of aliphatic carboxylic acids is 1. The number of carboxylic acids is 1. The Balaban J connectivity index is 2.63. The van der Waals surface area contributed by atoms with Gasteiger partial charge in [0.15, 0.2) is 0 Å². The summed E-state index contributed by atoms with van der Waals surface area (Å²) in [6.07, 6.45) is 0.158. The Morgan fingerprint density at radius 1 is 1.30 bits per heavy atom. The molecule has 2 N–H and O–H groups in total. The van der Waals surface area contributed by atoms with Crippen LogP contribution in [0.2, 0.25) is 0 Å². The van der Waals surface area contributed by atoms with Crippen LogP contribution in [-0.4, -0.2) is 59.8 Å². The molecule has 3 atom stereocenters. The van der Waals surface area contributed by atoms with E-state index in [2.05, 4.69) is 10.2 Å². The zero-order valence-corrected chi connectivity index (χ0v) is 12.8. The zero-order chi connectivity index (χ0) is 15.3. The van der Waals surface area contributed by atoms with Gasteiger partial charge in [-0.1, -0.05) is 13.8 Å². The van der Waals surface area contributed by atoms with Gasteiger partial charge in [0.25, 0.3) is 0 Å². The summed E-state index contributed by atoms with van der Waals surface area (Å²) in [6.45, 7) is 9.63. The van der Waals surface area contributed by atoms with Gasteiger partial charge in [0.2, 0.25) is 5.91 Å². The number of morpholine rings is 1. The quantitative estimate of drug-likeness (QED) is 0.752. The highest BCUT2D eigenvalue weighted by molar-refractivity contribution is 5.82. The van der Waals surface area contributed by atoms with Crippen molar-refractivity contribution in [3.8, 4) is 0 Å². The Morgan fingerprint density at radius 3 is 2.30 bits per heavy atom. The molecule has 20 heavy (non-hydrogen) atoms. The summed E-state index contributed by atoms with van der Waals surface area (Å²) in [5, 5.41) is 11.3. The average molecular weight is 286 g/mol. The fourth-order valence-corrected chi connectivity index (χ4v) is 2.73. The van der Waals surface area contributed by atoms with E-state index < -0.39 is 5.97 Å². The highest BCUT2D eigenvalue weighted by Crippen LogP contribution is 2.18. The Labute approximate surface area is 120 Å². The van der Waals surface area contributed by atoms with E-state index in [1.54, 1.807) is 0 Å². The fraction of sp³-hybridized carbons (Fsp3) is 0.857. The van der Waals surface area contributed by atoms with Gasteiger partial charge in [-0.25, -0.2) is 0 Å². The van der Waals surface area contributed by atoms with E-state index in [1.807, 2.05) is 27.7 Å². The molecule has 1 saturated heterocycles. The molecule has 0 aliphatic carbocycles. The van der Waals surface area contributed by atoms with E-state index >= 15 is 0 Å². The molecule has 116 valence electrons. The van der Waals surface area contributed by atoms with E-state index in [-0.39, 0.29) is 43.0 Å². The lowest BCUT2D eigenvalue weighted by molar-refractivity contribution is -0.137. The highest BCUT2D eigenvalue weighted by atomic mass is 16.5. The van der Waals surface area contributed by atoms with Crippen molar-refractivity contribution in [2.24, 2.45) is 5.92 Å². The average Bonchev–Trinajstić information content (AvgIpc) is 2.26. The number of carboxylic acid groups (broad SMARTS) is 1. The minimum Gasteiger partial charge on any atom is -0.481 e. The molecule has 0 spiro atoms. The van der Waals surface area contributed by atoms with Gasteiger partial charge in [0.05, 0.1) is 24.7 Å². The van der Waals surface area contributed by atoms with E-state index in [4.69, 9.17) is 9.84 Å². The standard InChI is InChI=1S/C14H26N2O4/c1-9(2)13(14(19)15-6-5-12(17)18)16-7-10(3)20-11(4)8-16/h9-11,13H,5-8H2,1-4H3,(H,15,19)(H,17,18). The lowest BCUT2D eigenvalue weighted by atomic mass is 9.99. The topological polar surface area (TPSA) is 78.9 Å². The molecule has 1 rings (SSSR count). The predicted molar refractivity (Wildman–Crippen MR) is 75.5 cm³/mol. The van der Waals surface area contributed by atoms with Crippen molar-refractivity contribution in [3.63, 3.8) is 0 Å². The zero-order valence-electron chi connectivity index (χ0n) is 12.8. The molecule has 1 heterocycles. The van der Waals surface area contributed by atoms with Crippen molar-refractivity contribution in [2.75, 3.05) is 19.6 Å². The molecular weight excluding hydrogens is 260 g/mol. The summed E-state index contributed by atoms with van der Waals surface area (Å²) >= 11 is 0. The Kier molecular flexibility index (Phi) is 6.42. The van der Waals surface area contributed by atoms with Crippen LogP contribution < -0.4 is 5.32 Å². The number of carbonyl (C=O) groups excluding carboxylic acids is 1. The summed E-state index contributed by atoms with van der Waals surface area (Å²) < 4.78 is 5.69. The maximum atomic E-state index is 12.3. The summed E-state index contributed by atoms with van der Waals surface area (Å²) in [5.74, 6) is -0.833. The third-order valence-corrected chi connectivity index (χ3v) is 3.38. The largest absolute Gasteiger partial charge is 0.481 e. The van der Waals surface area contributed by atoms with E-state index in [1.165, 1.54) is 0 Å². The summed E-state index contributed by atoms with van der Waals surface area (Å²) in [6, 6.07) is -0.238. The second kappa shape index (κ2) is 7.59. The molecule has 0 radical (unpaired) electrons. The maximum Gasteiger partial charge on any atom is 0.305 e.